The van der Waals surface area contributed by atoms with Crippen molar-refractivity contribution in [1.82, 2.24) is 0 Å². The van der Waals surface area contributed by atoms with Gasteiger partial charge in [0.25, 0.3) is 0 Å². The lowest BCUT2D eigenvalue weighted by Crippen LogP contribution is -2.61. The molecule has 5 atom stereocenters. The second-order valence-electron chi connectivity index (χ2n) is 10.7. The molecule has 2 fully saturated rings. The number of carbonyl (C=O) groups is 1. The van der Waals surface area contributed by atoms with Crippen LogP contribution in [0.5, 0.6) is 5.75 Å². The average Bonchev–Trinajstić information content (AvgIpc) is 3.02. The van der Waals surface area contributed by atoms with Crippen LogP contribution in [0.3, 0.4) is 0 Å². The van der Waals surface area contributed by atoms with Gasteiger partial charge < -0.3 is 28.4 Å². The van der Waals surface area contributed by atoms with Crippen molar-refractivity contribution in [3.05, 3.63) is 102 Å². The zero-order chi connectivity index (χ0) is 28.4. The van der Waals surface area contributed by atoms with Gasteiger partial charge in [0.05, 0.1) is 38.1 Å². The van der Waals surface area contributed by atoms with Crippen LogP contribution in [0.4, 0.5) is 0 Å². The van der Waals surface area contributed by atoms with Crippen LogP contribution in [0, 0.1) is 0 Å². The average molecular weight is 561 g/mol. The Balaban J connectivity index is 1.42. The highest BCUT2D eigenvalue weighted by molar-refractivity contribution is 5.89. The van der Waals surface area contributed by atoms with Crippen molar-refractivity contribution in [3.63, 3.8) is 0 Å². The SMILES string of the molecule is COc1ccc(CO[C@@H]2[C@@H](OCc3ccccc3)[C@H](C)O[C@@H](OC3CCCCC3)[C@@H]2OC(=O)c2ccccc2)cc1. The summed E-state index contributed by atoms with van der Waals surface area (Å²) >= 11 is 0. The lowest BCUT2D eigenvalue weighted by atomic mass is 9.96. The Hall–Kier alpha value is -3.23. The normalized spacial score (nSPS) is 25.0. The summed E-state index contributed by atoms with van der Waals surface area (Å²) in [5, 5.41) is 0. The van der Waals surface area contributed by atoms with Crippen molar-refractivity contribution in [2.75, 3.05) is 7.11 Å². The molecule has 218 valence electrons. The molecule has 0 radical (unpaired) electrons. The lowest BCUT2D eigenvalue weighted by Gasteiger charge is -2.45. The molecule has 0 unspecified atom stereocenters. The molecule has 3 aromatic carbocycles. The fourth-order valence-electron chi connectivity index (χ4n) is 5.47. The topological polar surface area (TPSA) is 72.5 Å². The van der Waals surface area contributed by atoms with Gasteiger partial charge in [-0.15, -0.1) is 0 Å². The third-order valence-electron chi connectivity index (χ3n) is 7.75. The molecule has 3 aromatic rings. The third-order valence-corrected chi connectivity index (χ3v) is 7.75. The van der Waals surface area contributed by atoms with Crippen molar-refractivity contribution in [2.24, 2.45) is 0 Å². The van der Waals surface area contributed by atoms with Crippen molar-refractivity contribution >= 4 is 5.97 Å². The van der Waals surface area contributed by atoms with E-state index in [4.69, 9.17) is 28.4 Å². The first-order chi connectivity index (χ1) is 20.1. The number of rotatable bonds is 11. The molecular formula is C34H40O7. The van der Waals surface area contributed by atoms with Gasteiger partial charge in [-0.3, -0.25) is 0 Å². The van der Waals surface area contributed by atoms with Crippen LogP contribution in [0.25, 0.3) is 0 Å². The minimum absolute atomic E-state index is 0.0444. The smallest absolute Gasteiger partial charge is 0.338 e. The summed E-state index contributed by atoms with van der Waals surface area (Å²) < 4.78 is 37.5. The van der Waals surface area contributed by atoms with Gasteiger partial charge in [0.15, 0.2) is 12.4 Å². The molecule has 5 rings (SSSR count). The van der Waals surface area contributed by atoms with E-state index in [1.165, 1.54) is 6.42 Å². The van der Waals surface area contributed by atoms with Crippen LogP contribution in [0.15, 0.2) is 84.9 Å². The van der Waals surface area contributed by atoms with Crippen molar-refractivity contribution in [1.29, 1.82) is 0 Å². The molecule has 1 aliphatic heterocycles. The number of carbonyl (C=O) groups excluding carboxylic acids is 1. The van der Waals surface area contributed by atoms with Crippen molar-refractivity contribution < 1.29 is 33.2 Å². The third kappa shape index (κ3) is 7.95. The number of hydrogen-bond donors (Lipinski definition) is 0. The Kier molecular flexibility index (Phi) is 10.4. The summed E-state index contributed by atoms with van der Waals surface area (Å²) in [4.78, 5) is 13.4. The van der Waals surface area contributed by atoms with Crippen LogP contribution >= 0.6 is 0 Å². The molecule has 0 amide bonds. The summed E-state index contributed by atoms with van der Waals surface area (Å²) in [5.74, 6) is 0.318. The van der Waals surface area contributed by atoms with E-state index in [1.54, 1.807) is 19.2 Å². The summed E-state index contributed by atoms with van der Waals surface area (Å²) in [7, 11) is 1.64. The Labute approximate surface area is 242 Å². The minimum Gasteiger partial charge on any atom is -0.497 e. The first kappa shape index (κ1) is 29.3. The first-order valence-electron chi connectivity index (χ1n) is 14.6. The molecule has 1 saturated heterocycles. The number of esters is 1. The van der Waals surface area contributed by atoms with E-state index < -0.39 is 30.6 Å². The van der Waals surface area contributed by atoms with Gasteiger partial charge in [-0.25, -0.2) is 4.79 Å². The molecule has 0 aromatic heterocycles. The number of methoxy groups -OCH3 is 1. The highest BCUT2D eigenvalue weighted by atomic mass is 16.7. The quantitative estimate of drug-likeness (QED) is 0.248. The molecule has 1 aliphatic carbocycles. The fraction of sp³-hybridized carbons (Fsp3) is 0.441. The molecule has 2 aliphatic rings. The molecular weight excluding hydrogens is 520 g/mol. The van der Waals surface area contributed by atoms with Gasteiger partial charge in [-0.1, -0.05) is 79.9 Å². The predicted molar refractivity (Wildman–Crippen MR) is 155 cm³/mol. The number of hydrogen-bond acceptors (Lipinski definition) is 7. The molecule has 7 heteroatoms. The van der Waals surface area contributed by atoms with Crippen LogP contribution in [0.1, 0.15) is 60.5 Å². The van der Waals surface area contributed by atoms with Crippen LogP contribution in [-0.4, -0.2) is 49.9 Å². The molecule has 41 heavy (non-hydrogen) atoms. The molecule has 0 N–H and O–H groups in total. The van der Waals surface area contributed by atoms with E-state index in [9.17, 15) is 4.79 Å². The monoisotopic (exact) mass is 560 g/mol. The van der Waals surface area contributed by atoms with Gasteiger partial charge in [0, 0.05) is 0 Å². The lowest BCUT2D eigenvalue weighted by molar-refractivity contribution is -0.319. The first-order valence-corrected chi connectivity index (χ1v) is 14.6. The van der Waals surface area contributed by atoms with Crippen LogP contribution < -0.4 is 4.74 Å². The van der Waals surface area contributed by atoms with E-state index in [1.807, 2.05) is 79.7 Å². The Morgan fingerprint density at radius 2 is 1.37 bits per heavy atom. The Morgan fingerprint density at radius 3 is 2.02 bits per heavy atom. The fourth-order valence-corrected chi connectivity index (χ4v) is 5.47. The van der Waals surface area contributed by atoms with E-state index >= 15 is 0 Å². The van der Waals surface area contributed by atoms with E-state index in [2.05, 4.69) is 0 Å². The van der Waals surface area contributed by atoms with E-state index in [0.29, 0.717) is 18.8 Å². The maximum absolute atomic E-state index is 13.4. The highest BCUT2D eigenvalue weighted by Gasteiger charge is 2.49. The molecule has 0 spiro atoms. The van der Waals surface area contributed by atoms with Gasteiger partial charge in [0.2, 0.25) is 0 Å². The minimum atomic E-state index is -0.833. The van der Waals surface area contributed by atoms with Gasteiger partial charge in [-0.2, -0.15) is 0 Å². The predicted octanol–water partition coefficient (Wildman–Crippen LogP) is 6.49. The Morgan fingerprint density at radius 1 is 0.756 bits per heavy atom. The van der Waals surface area contributed by atoms with Gasteiger partial charge >= 0.3 is 5.97 Å². The van der Waals surface area contributed by atoms with Crippen molar-refractivity contribution in [2.45, 2.75) is 89.1 Å². The van der Waals surface area contributed by atoms with E-state index in [0.717, 1.165) is 42.6 Å². The second kappa shape index (κ2) is 14.6. The number of benzene rings is 3. The van der Waals surface area contributed by atoms with Gasteiger partial charge in [0.1, 0.15) is 18.0 Å². The summed E-state index contributed by atoms with van der Waals surface area (Å²) in [5.41, 5.74) is 2.45. The molecule has 1 heterocycles. The van der Waals surface area contributed by atoms with Gasteiger partial charge in [-0.05, 0) is 55.2 Å². The van der Waals surface area contributed by atoms with Crippen LogP contribution in [0.2, 0.25) is 0 Å². The zero-order valence-electron chi connectivity index (χ0n) is 23.9. The van der Waals surface area contributed by atoms with Crippen LogP contribution in [-0.2, 0) is 36.9 Å². The molecule has 7 nitrogen and oxygen atoms in total. The summed E-state index contributed by atoms with van der Waals surface area (Å²) in [6, 6.07) is 26.7. The molecule has 1 saturated carbocycles. The largest absolute Gasteiger partial charge is 0.497 e. The summed E-state index contributed by atoms with van der Waals surface area (Å²) in [6.45, 7) is 2.63. The summed E-state index contributed by atoms with van der Waals surface area (Å²) in [6.07, 6.45) is 2.28. The zero-order valence-corrected chi connectivity index (χ0v) is 23.9. The highest BCUT2D eigenvalue weighted by Crippen LogP contribution is 2.33. The standard InChI is InChI=1S/C34H40O7/c1-24-30(37-22-25-12-6-3-7-13-25)31(38-23-26-18-20-28(36-2)21-19-26)32(41-33(35)27-14-8-4-9-15-27)34(39-24)40-29-16-10-5-11-17-29/h3-4,6-9,12-15,18-21,24,29-32,34H,5,10-11,16-17,22-23H2,1-2H3/t24-,30-,31+,32+,34-/m0/s1. The maximum Gasteiger partial charge on any atom is 0.338 e. The molecule has 0 bridgehead atoms. The van der Waals surface area contributed by atoms with Crippen molar-refractivity contribution in [3.8, 4) is 5.75 Å². The number of ether oxygens (including phenoxy) is 6. The second-order valence-corrected chi connectivity index (χ2v) is 10.7. The maximum atomic E-state index is 13.4. The Bertz CT molecular complexity index is 1190. The van der Waals surface area contributed by atoms with E-state index in [-0.39, 0.29) is 12.2 Å².